The predicted octanol–water partition coefficient (Wildman–Crippen LogP) is 5.55. The Labute approximate surface area is 165 Å². The van der Waals surface area contributed by atoms with E-state index >= 15 is 0 Å². The van der Waals surface area contributed by atoms with Gasteiger partial charge in [-0.2, -0.15) is 0 Å². The maximum atomic E-state index is 9.00. The summed E-state index contributed by atoms with van der Waals surface area (Å²) in [6.45, 7) is 3.36. The van der Waals surface area contributed by atoms with Crippen LogP contribution in [0.4, 0.5) is 0 Å². The van der Waals surface area contributed by atoms with Crippen LogP contribution in [-0.2, 0) is 8.23 Å². The Morgan fingerprint density at radius 3 is 1.68 bits per heavy atom. The molecule has 0 aromatic heterocycles. The monoisotopic (exact) mass is 445 g/mol. The normalized spacial score (nSPS) is 10.7. The molecule has 133 valence electrons. The molecule has 0 atom stereocenters. The molecule has 0 amide bonds. The molecule has 0 spiro atoms. The van der Waals surface area contributed by atoms with Crippen LogP contribution in [0.1, 0.15) is 63.5 Å². The fourth-order valence-corrected chi connectivity index (χ4v) is 4.35. The summed E-state index contributed by atoms with van der Waals surface area (Å²) in [4.78, 5) is 9.00. The molecule has 2 rings (SSSR count). The molecule has 1 N–H and O–H groups in total. The van der Waals surface area contributed by atoms with Gasteiger partial charge in [0.05, 0.1) is 0 Å². The molecule has 0 aliphatic heterocycles. The zero-order chi connectivity index (χ0) is 18.5. The third kappa shape index (κ3) is 8.08. The van der Waals surface area contributed by atoms with Crippen LogP contribution in [-0.4, -0.2) is 33.6 Å². The van der Waals surface area contributed by atoms with Gasteiger partial charge in [0.2, 0.25) is 0 Å². The van der Waals surface area contributed by atoms with Gasteiger partial charge in [0.25, 0.3) is 5.97 Å². The molecule has 0 saturated heterocycles. The topological polar surface area (TPSA) is 37.3 Å². The number of unbranched alkanes of at least 4 members (excludes halogenated alkanes) is 4. The van der Waals surface area contributed by atoms with Gasteiger partial charge >= 0.3 is 143 Å². The molecule has 0 unspecified atom stereocenters. The molecule has 0 aliphatic carbocycles. The van der Waals surface area contributed by atoms with Crippen LogP contribution in [0, 0.1) is 0 Å². The van der Waals surface area contributed by atoms with Crippen molar-refractivity contribution in [1.29, 1.82) is 0 Å². The Morgan fingerprint density at radius 2 is 1.28 bits per heavy atom. The maximum absolute atomic E-state index is 9.00. The first-order chi connectivity index (χ1) is 12.0. The van der Waals surface area contributed by atoms with Gasteiger partial charge in [0.15, 0.2) is 0 Å². The number of hydrogen-bond donors (Lipinski definition) is 1. The number of carboxylic acid groups (broad SMARTS) is 1. The van der Waals surface area contributed by atoms with Crippen LogP contribution in [0.25, 0.3) is 0 Å². The van der Waals surface area contributed by atoms with Gasteiger partial charge in [-0.15, -0.1) is 0 Å². The number of carbonyl (C=O) groups is 1. The summed E-state index contributed by atoms with van der Waals surface area (Å²) in [6.07, 6.45) is 8.04. The Bertz CT molecular complexity index is 552. The number of aliphatic carboxylic acids is 1. The van der Waals surface area contributed by atoms with Crippen molar-refractivity contribution in [3.05, 3.63) is 71.8 Å². The third-order valence-electron chi connectivity index (χ3n) is 4.19. The van der Waals surface area contributed by atoms with E-state index in [0.717, 1.165) is 6.92 Å². The molecule has 3 radical (unpaired) electrons. The third-order valence-corrected chi connectivity index (χ3v) is 6.55. The van der Waals surface area contributed by atoms with Crippen molar-refractivity contribution in [3.63, 3.8) is 0 Å². The second-order valence-electron chi connectivity index (χ2n) is 6.32. The molecule has 0 fully saturated rings. The number of hydrogen-bond acceptors (Lipinski definition) is 1. The second-order valence-corrected chi connectivity index (χ2v) is 8.76. The summed E-state index contributed by atoms with van der Waals surface area (Å²) >= 11 is 1.60. The quantitative estimate of drug-likeness (QED) is 0.428. The molecule has 2 aromatic rings. The molecule has 25 heavy (non-hydrogen) atoms. The van der Waals surface area contributed by atoms with Gasteiger partial charge < -0.3 is 5.11 Å². The molecule has 2 aromatic carbocycles. The van der Waals surface area contributed by atoms with Gasteiger partial charge in [0, 0.05) is 6.92 Å². The van der Waals surface area contributed by atoms with Crippen LogP contribution < -0.4 is 0 Å². The molecule has 0 heterocycles. The number of benzene rings is 2. The summed E-state index contributed by atoms with van der Waals surface area (Å²) in [5.74, 6) is -0.833. The second kappa shape index (κ2) is 12.1. The molecule has 0 saturated carbocycles. The van der Waals surface area contributed by atoms with Crippen molar-refractivity contribution in [2.45, 2.75) is 55.8 Å². The van der Waals surface area contributed by atoms with Gasteiger partial charge in [-0.25, -0.2) is 0 Å². The van der Waals surface area contributed by atoms with E-state index in [4.69, 9.17) is 9.90 Å². The average Bonchev–Trinajstić information content (AvgIpc) is 2.62. The number of carboxylic acids is 1. The summed E-state index contributed by atoms with van der Waals surface area (Å²) in [5, 5.41) is 7.42. The van der Waals surface area contributed by atoms with Crippen molar-refractivity contribution in [3.8, 4) is 0 Å². The van der Waals surface area contributed by atoms with Crippen molar-refractivity contribution in [2.24, 2.45) is 0 Å². The molecule has 3 heteroatoms. The Kier molecular flexibility index (Phi) is 10.5. The Hall–Kier alpha value is -1.29. The first-order valence-corrected chi connectivity index (χ1v) is 10.5. The minimum atomic E-state index is -0.833. The number of rotatable bonds is 8. The summed E-state index contributed by atoms with van der Waals surface area (Å²) in [7, 11) is 0. The molecule has 0 bridgehead atoms. The van der Waals surface area contributed by atoms with Crippen LogP contribution in [0.15, 0.2) is 60.7 Å². The van der Waals surface area contributed by atoms with E-state index in [2.05, 4.69) is 67.6 Å². The predicted molar refractivity (Wildman–Crippen MR) is 106 cm³/mol. The summed E-state index contributed by atoms with van der Waals surface area (Å²) < 4.78 is 0.224. The molecule has 2 nitrogen and oxygen atoms in total. The van der Waals surface area contributed by atoms with Crippen molar-refractivity contribution in [1.82, 2.24) is 0 Å². The molecular formula is C22H29O2Sn. The fraction of sp³-hybridized carbons (Fsp3) is 0.409. The van der Waals surface area contributed by atoms with E-state index < -0.39 is 5.97 Å². The van der Waals surface area contributed by atoms with Crippen molar-refractivity contribution < 1.29 is 9.90 Å². The average molecular weight is 444 g/mol. The summed E-state index contributed by atoms with van der Waals surface area (Å²) in [5.41, 5.74) is 2.95. The molecular weight excluding hydrogens is 415 g/mol. The summed E-state index contributed by atoms with van der Waals surface area (Å²) in [6, 6.07) is 22.1. The van der Waals surface area contributed by atoms with Crippen LogP contribution in [0.3, 0.4) is 0 Å². The first-order valence-electron chi connectivity index (χ1n) is 9.06. The van der Waals surface area contributed by atoms with Crippen molar-refractivity contribution >= 4 is 28.5 Å². The zero-order valence-electron chi connectivity index (χ0n) is 15.4. The van der Waals surface area contributed by atoms with Gasteiger partial charge in [-0.3, -0.25) is 4.79 Å². The van der Waals surface area contributed by atoms with Crippen LogP contribution in [0.2, 0.25) is 0 Å². The van der Waals surface area contributed by atoms with E-state index in [1.54, 1.807) is 22.5 Å². The van der Waals surface area contributed by atoms with Crippen LogP contribution >= 0.6 is 0 Å². The van der Waals surface area contributed by atoms with Gasteiger partial charge in [0.1, 0.15) is 0 Å². The van der Waals surface area contributed by atoms with Crippen LogP contribution in [0.5, 0.6) is 0 Å². The van der Waals surface area contributed by atoms with E-state index in [9.17, 15) is 0 Å². The van der Waals surface area contributed by atoms with Gasteiger partial charge in [-0.05, 0) is 0 Å². The Balaban J connectivity index is 0.000000705. The van der Waals surface area contributed by atoms with E-state index in [-0.39, 0.29) is 3.43 Å². The van der Waals surface area contributed by atoms with Crippen molar-refractivity contribution in [2.75, 3.05) is 0 Å². The standard InChI is InChI=1S/C20H25.C2H4O2.Sn/c1-2-3-4-5-12-17-20(18-13-8-6-9-14-18)19-15-10-7-11-16-19;1-2(3)4;/h6-11,13-16H,2-5,12,17H2,1H3;1H3,(H,3,4);. The zero-order valence-corrected chi connectivity index (χ0v) is 18.2. The fourth-order valence-electron chi connectivity index (χ4n) is 2.89. The molecule has 0 aliphatic rings. The SMILES string of the molecule is CC(=O)O.CCCCCCC[C]([Sn])(c1ccccc1)c1ccccc1. The minimum absolute atomic E-state index is 0.224. The first kappa shape index (κ1) is 21.8. The van der Waals surface area contributed by atoms with E-state index in [0.29, 0.717) is 0 Å². The van der Waals surface area contributed by atoms with E-state index in [1.807, 2.05) is 0 Å². The Morgan fingerprint density at radius 1 is 0.880 bits per heavy atom. The van der Waals surface area contributed by atoms with Gasteiger partial charge in [-0.1, -0.05) is 0 Å². The van der Waals surface area contributed by atoms with E-state index in [1.165, 1.54) is 49.7 Å².